The van der Waals surface area contributed by atoms with E-state index in [1.807, 2.05) is 0 Å². The van der Waals surface area contributed by atoms with Gasteiger partial charge in [0.2, 0.25) is 5.91 Å². The Morgan fingerprint density at radius 3 is 2.86 bits per heavy atom. The molecule has 5 nitrogen and oxygen atoms in total. The fourth-order valence-corrected chi connectivity index (χ4v) is 2.70. The van der Waals surface area contributed by atoms with Gasteiger partial charge in [0.05, 0.1) is 18.8 Å². The van der Waals surface area contributed by atoms with Gasteiger partial charge in [-0.2, -0.15) is 0 Å². The van der Waals surface area contributed by atoms with E-state index in [0.29, 0.717) is 13.2 Å². The van der Waals surface area contributed by atoms with Crippen LogP contribution in [0.5, 0.6) is 5.75 Å². The van der Waals surface area contributed by atoms with Crippen molar-refractivity contribution in [2.24, 2.45) is 0 Å². The minimum Gasteiger partial charge on any atom is -0.405 e. The number of carbonyl (C=O) groups excluding carboxylic acids is 1. The van der Waals surface area contributed by atoms with Crippen molar-refractivity contribution >= 4 is 5.91 Å². The fraction of sp³-hybridized carbons (Fsp3) is 0.462. The van der Waals surface area contributed by atoms with E-state index in [0.717, 1.165) is 18.2 Å². The van der Waals surface area contributed by atoms with Crippen LogP contribution in [0.2, 0.25) is 0 Å². The van der Waals surface area contributed by atoms with Crippen molar-refractivity contribution in [3.8, 4) is 5.75 Å². The van der Waals surface area contributed by atoms with Gasteiger partial charge in [-0.3, -0.25) is 9.69 Å². The maximum absolute atomic E-state index is 14.1. The highest BCUT2D eigenvalue weighted by Gasteiger charge is 2.45. The molecule has 1 amide bonds. The normalized spacial score (nSPS) is 25.7. The van der Waals surface area contributed by atoms with E-state index in [-0.39, 0.29) is 12.2 Å². The second-order valence-electron chi connectivity index (χ2n) is 4.94. The SMILES string of the molecule is O=C1N[C@H](c2c(F)cccc2OC(F)(F)F)N2CCOC[C@@H]12. The summed E-state index contributed by atoms with van der Waals surface area (Å²) in [6.07, 6.45) is -5.96. The van der Waals surface area contributed by atoms with E-state index in [4.69, 9.17) is 4.74 Å². The largest absolute Gasteiger partial charge is 0.573 e. The number of amides is 1. The lowest BCUT2D eigenvalue weighted by molar-refractivity contribution is -0.275. The Hall–Kier alpha value is -1.87. The first-order chi connectivity index (χ1) is 10.4. The minimum absolute atomic E-state index is 0.117. The molecule has 2 heterocycles. The number of halogens is 4. The summed E-state index contributed by atoms with van der Waals surface area (Å²) < 4.78 is 60.6. The number of hydrogen-bond donors (Lipinski definition) is 1. The van der Waals surface area contributed by atoms with Crippen LogP contribution in [0.15, 0.2) is 18.2 Å². The lowest BCUT2D eigenvalue weighted by Gasteiger charge is -2.32. The van der Waals surface area contributed by atoms with Crippen molar-refractivity contribution < 1.29 is 31.8 Å². The first kappa shape index (κ1) is 15.0. The summed E-state index contributed by atoms with van der Waals surface area (Å²) in [6, 6.07) is 2.52. The predicted molar refractivity (Wildman–Crippen MR) is 65.3 cm³/mol. The Morgan fingerprint density at radius 2 is 2.14 bits per heavy atom. The van der Waals surface area contributed by atoms with Gasteiger partial charge >= 0.3 is 6.36 Å². The summed E-state index contributed by atoms with van der Waals surface area (Å²) in [5.74, 6) is -1.95. The van der Waals surface area contributed by atoms with Crippen LogP contribution in [-0.4, -0.2) is 43.0 Å². The summed E-state index contributed by atoms with van der Waals surface area (Å²) in [5.41, 5.74) is -0.336. The monoisotopic (exact) mass is 320 g/mol. The van der Waals surface area contributed by atoms with E-state index in [1.165, 1.54) is 0 Å². The lowest BCUT2D eigenvalue weighted by atomic mass is 10.1. The Labute approximate surface area is 122 Å². The molecule has 3 rings (SSSR count). The van der Waals surface area contributed by atoms with Gasteiger partial charge in [0.15, 0.2) is 0 Å². The summed E-state index contributed by atoms with van der Waals surface area (Å²) in [5, 5.41) is 2.50. The average molecular weight is 320 g/mol. The number of ether oxygens (including phenoxy) is 2. The van der Waals surface area contributed by atoms with Crippen LogP contribution < -0.4 is 10.1 Å². The van der Waals surface area contributed by atoms with Gasteiger partial charge < -0.3 is 14.8 Å². The molecule has 2 saturated heterocycles. The molecular formula is C13H12F4N2O3. The molecule has 1 aromatic rings. The Balaban J connectivity index is 1.99. The van der Waals surface area contributed by atoms with Crippen LogP contribution in [0.3, 0.4) is 0 Å². The van der Waals surface area contributed by atoms with Gasteiger partial charge in [0.25, 0.3) is 0 Å². The molecule has 2 aliphatic rings. The number of hydrogen-bond acceptors (Lipinski definition) is 4. The predicted octanol–water partition coefficient (Wildman–Crippen LogP) is 1.55. The molecule has 9 heteroatoms. The van der Waals surface area contributed by atoms with Crippen molar-refractivity contribution in [1.82, 2.24) is 10.2 Å². The van der Waals surface area contributed by atoms with E-state index < -0.39 is 36.0 Å². The first-order valence-electron chi connectivity index (χ1n) is 6.55. The van der Waals surface area contributed by atoms with Crippen molar-refractivity contribution in [3.63, 3.8) is 0 Å². The third kappa shape index (κ3) is 2.73. The first-order valence-corrected chi connectivity index (χ1v) is 6.55. The number of morpholine rings is 1. The molecule has 0 aromatic heterocycles. The van der Waals surface area contributed by atoms with Crippen LogP contribution in [-0.2, 0) is 9.53 Å². The van der Waals surface area contributed by atoms with E-state index in [1.54, 1.807) is 4.90 Å². The van der Waals surface area contributed by atoms with Gasteiger partial charge in [-0.15, -0.1) is 13.2 Å². The van der Waals surface area contributed by atoms with E-state index in [2.05, 4.69) is 10.1 Å². The second-order valence-corrected chi connectivity index (χ2v) is 4.94. The molecule has 2 atom stereocenters. The lowest BCUT2D eigenvalue weighted by Crippen LogP contribution is -2.44. The molecule has 2 fully saturated rings. The summed E-state index contributed by atoms with van der Waals surface area (Å²) >= 11 is 0. The molecule has 0 radical (unpaired) electrons. The Bertz CT molecular complexity index is 593. The summed E-state index contributed by atoms with van der Waals surface area (Å²) in [4.78, 5) is 13.5. The van der Waals surface area contributed by atoms with Gasteiger partial charge in [-0.05, 0) is 12.1 Å². The zero-order valence-corrected chi connectivity index (χ0v) is 11.2. The second kappa shape index (κ2) is 5.40. The van der Waals surface area contributed by atoms with E-state index >= 15 is 0 Å². The smallest absolute Gasteiger partial charge is 0.405 e. The molecule has 0 aliphatic carbocycles. The molecule has 0 spiro atoms. The van der Waals surface area contributed by atoms with Gasteiger partial charge in [-0.25, -0.2) is 4.39 Å². The highest BCUT2D eigenvalue weighted by Crippen LogP contribution is 2.37. The molecule has 0 saturated carbocycles. The van der Waals surface area contributed by atoms with Crippen molar-refractivity contribution in [3.05, 3.63) is 29.6 Å². The molecule has 1 N–H and O–H groups in total. The maximum atomic E-state index is 14.1. The molecular weight excluding hydrogens is 308 g/mol. The standard InChI is InChI=1S/C13H12F4N2O3/c14-7-2-1-3-9(22-13(15,16)17)10(7)11-18-12(20)8-6-21-5-4-19(8)11/h1-3,8,11H,4-6H2,(H,18,20)/t8-,11-/m0/s1. The van der Waals surface area contributed by atoms with Crippen molar-refractivity contribution in [2.75, 3.05) is 19.8 Å². The minimum atomic E-state index is -4.95. The zero-order chi connectivity index (χ0) is 15.9. The fourth-order valence-electron chi connectivity index (χ4n) is 2.70. The van der Waals surface area contributed by atoms with Crippen molar-refractivity contribution in [1.29, 1.82) is 0 Å². The number of carbonyl (C=O) groups is 1. The Morgan fingerprint density at radius 1 is 1.36 bits per heavy atom. The number of nitrogens with one attached hydrogen (secondary N) is 1. The topological polar surface area (TPSA) is 50.8 Å². The highest BCUT2D eigenvalue weighted by atomic mass is 19.4. The molecule has 120 valence electrons. The van der Waals surface area contributed by atoms with Crippen LogP contribution >= 0.6 is 0 Å². The highest BCUT2D eigenvalue weighted by molar-refractivity contribution is 5.84. The van der Waals surface area contributed by atoms with Gasteiger partial charge in [0, 0.05) is 6.54 Å². The quantitative estimate of drug-likeness (QED) is 0.840. The number of nitrogens with zero attached hydrogens (tertiary/aromatic N) is 1. The molecule has 0 unspecified atom stereocenters. The van der Waals surface area contributed by atoms with Gasteiger partial charge in [0.1, 0.15) is 23.8 Å². The summed E-state index contributed by atoms with van der Waals surface area (Å²) in [6.45, 7) is 0.728. The number of benzene rings is 1. The third-order valence-electron chi connectivity index (χ3n) is 3.60. The van der Waals surface area contributed by atoms with Gasteiger partial charge in [-0.1, -0.05) is 6.07 Å². The van der Waals surface area contributed by atoms with Crippen molar-refractivity contribution in [2.45, 2.75) is 18.6 Å². The summed E-state index contributed by atoms with van der Waals surface area (Å²) in [7, 11) is 0. The van der Waals surface area contributed by atoms with E-state index in [9.17, 15) is 22.4 Å². The molecule has 1 aromatic carbocycles. The number of alkyl halides is 3. The Kier molecular flexibility index (Phi) is 3.69. The molecule has 22 heavy (non-hydrogen) atoms. The third-order valence-corrected chi connectivity index (χ3v) is 3.60. The molecule has 2 aliphatic heterocycles. The van der Waals surface area contributed by atoms with Crippen LogP contribution in [0, 0.1) is 5.82 Å². The molecule has 0 bridgehead atoms. The van der Waals surface area contributed by atoms with Crippen LogP contribution in [0.25, 0.3) is 0 Å². The van der Waals surface area contributed by atoms with Crippen LogP contribution in [0.1, 0.15) is 11.7 Å². The number of rotatable bonds is 2. The van der Waals surface area contributed by atoms with Crippen LogP contribution in [0.4, 0.5) is 17.6 Å². The zero-order valence-electron chi connectivity index (χ0n) is 11.2. The average Bonchev–Trinajstić information content (AvgIpc) is 2.75. The maximum Gasteiger partial charge on any atom is 0.573 e. The number of fused-ring (bicyclic) bond motifs is 1.